The van der Waals surface area contributed by atoms with Crippen LogP contribution in [0.1, 0.15) is 11.7 Å². The van der Waals surface area contributed by atoms with Crippen molar-refractivity contribution in [2.24, 2.45) is 5.73 Å². The van der Waals surface area contributed by atoms with Gasteiger partial charge in [-0.3, -0.25) is 0 Å². The summed E-state index contributed by atoms with van der Waals surface area (Å²) in [6.07, 6.45) is -1.01. The molecule has 4 N–H and O–H groups in total. The molecule has 0 aliphatic heterocycles. The van der Waals surface area contributed by atoms with Gasteiger partial charge in [-0.05, 0) is 15.9 Å². The van der Waals surface area contributed by atoms with Crippen LogP contribution in [0.15, 0.2) is 10.5 Å². The minimum atomic E-state index is -1.01. The molecule has 0 fully saturated rings. The van der Waals surface area contributed by atoms with Crippen molar-refractivity contribution in [3.63, 3.8) is 0 Å². The summed E-state index contributed by atoms with van der Waals surface area (Å²) >= 11 is 3.16. The number of rotatable bonds is 4. The largest absolute Gasteiger partial charge is 0.506 e. The van der Waals surface area contributed by atoms with E-state index in [2.05, 4.69) is 15.9 Å². The molecule has 16 heavy (non-hydrogen) atoms. The van der Waals surface area contributed by atoms with Crippen molar-refractivity contribution >= 4 is 15.9 Å². The Bertz CT molecular complexity index is 384. The molecule has 0 bridgehead atoms. The first-order valence-electron chi connectivity index (χ1n) is 4.58. The molecular weight excluding hydrogens is 278 g/mol. The van der Waals surface area contributed by atoms with E-state index in [1.807, 2.05) is 0 Å². The van der Waals surface area contributed by atoms with Crippen molar-refractivity contribution in [2.45, 2.75) is 6.10 Å². The quantitative estimate of drug-likeness (QED) is 0.775. The molecule has 1 atom stereocenters. The van der Waals surface area contributed by atoms with E-state index in [-0.39, 0.29) is 23.6 Å². The van der Waals surface area contributed by atoms with Gasteiger partial charge in [-0.25, -0.2) is 0 Å². The Labute approximate surface area is 102 Å². The number of hydrogen-bond donors (Lipinski definition) is 3. The highest BCUT2D eigenvalue weighted by Crippen LogP contribution is 2.44. The van der Waals surface area contributed by atoms with Gasteiger partial charge in [0.15, 0.2) is 11.5 Å². The average Bonchev–Trinajstić information content (AvgIpc) is 2.30. The van der Waals surface area contributed by atoms with Crippen LogP contribution in [0.3, 0.4) is 0 Å². The molecule has 0 saturated carbocycles. The summed E-state index contributed by atoms with van der Waals surface area (Å²) in [7, 11) is 2.90. The van der Waals surface area contributed by atoms with Crippen LogP contribution < -0.4 is 15.2 Å². The maximum Gasteiger partial charge on any atom is 0.170 e. The molecule has 0 amide bonds. The molecule has 0 saturated heterocycles. The third-order valence-electron chi connectivity index (χ3n) is 2.19. The standard InChI is InChI=1S/C10H14BrNO4/c1-15-7-3-5(11)9(14)8(6(13)4-12)10(7)16-2/h3,6,13-14H,4,12H2,1-2H3. The fourth-order valence-corrected chi connectivity index (χ4v) is 1.83. The number of benzene rings is 1. The summed E-state index contributed by atoms with van der Waals surface area (Å²) in [6, 6.07) is 1.56. The molecule has 1 unspecified atom stereocenters. The number of phenols is 1. The number of hydrogen-bond acceptors (Lipinski definition) is 5. The molecule has 1 aromatic rings. The second-order valence-electron chi connectivity index (χ2n) is 3.11. The van der Waals surface area contributed by atoms with Crippen molar-refractivity contribution in [3.05, 3.63) is 16.1 Å². The first-order valence-corrected chi connectivity index (χ1v) is 5.37. The maximum absolute atomic E-state index is 9.83. The zero-order valence-corrected chi connectivity index (χ0v) is 10.6. The van der Waals surface area contributed by atoms with Crippen molar-refractivity contribution in [1.82, 2.24) is 0 Å². The molecule has 6 heteroatoms. The molecule has 1 rings (SSSR count). The zero-order valence-electron chi connectivity index (χ0n) is 9.03. The van der Waals surface area contributed by atoms with E-state index in [1.54, 1.807) is 6.07 Å². The lowest BCUT2D eigenvalue weighted by molar-refractivity contribution is 0.176. The Morgan fingerprint density at radius 2 is 2.06 bits per heavy atom. The summed E-state index contributed by atoms with van der Waals surface area (Å²) in [5.41, 5.74) is 5.58. The van der Waals surface area contributed by atoms with Crippen LogP contribution in [0.25, 0.3) is 0 Å². The van der Waals surface area contributed by atoms with Crippen molar-refractivity contribution in [2.75, 3.05) is 20.8 Å². The second kappa shape index (κ2) is 5.38. The lowest BCUT2D eigenvalue weighted by Gasteiger charge is -2.18. The van der Waals surface area contributed by atoms with Gasteiger partial charge in [-0.2, -0.15) is 0 Å². The summed E-state index contributed by atoms with van der Waals surface area (Å²) in [5, 5.41) is 19.6. The smallest absolute Gasteiger partial charge is 0.170 e. The average molecular weight is 292 g/mol. The summed E-state index contributed by atoms with van der Waals surface area (Å²) in [6.45, 7) is -0.0243. The van der Waals surface area contributed by atoms with Crippen LogP contribution in [0.2, 0.25) is 0 Å². The number of halogens is 1. The number of aliphatic hydroxyl groups excluding tert-OH is 1. The third-order valence-corrected chi connectivity index (χ3v) is 2.79. The van der Waals surface area contributed by atoms with Crippen LogP contribution in [0.5, 0.6) is 17.2 Å². The highest BCUT2D eigenvalue weighted by Gasteiger charge is 2.23. The van der Waals surface area contributed by atoms with Crippen LogP contribution in [0, 0.1) is 0 Å². The van der Waals surface area contributed by atoms with Gasteiger partial charge in [-0.15, -0.1) is 0 Å². The molecule has 0 aliphatic carbocycles. The fraction of sp³-hybridized carbons (Fsp3) is 0.400. The molecule has 0 heterocycles. The highest BCUT2D eigenvalue weighted by molar-refractivity contribution is 9.10. The number of phenolic OH excluding ortho intramolecular Hbond substituents is 1. The minimum Gasteiger partial charge on any atom is -0.506 e. The van der Waals surface area contributed by atoms with E-state index in [9.17, 15) is 10.2 Å². The molecule has 0 spiro atoms. The molecule has 0 aromatic heterocycles. The lowest BCUT2D eigenvalue weighted by Crippen LogP contribution is -2.13. The van der Waals surface area contributed by atoms with Crippen LogP contribution >= 0.6 is 15.9 Å². The normalized spacial score (nSPS) is 12.3. The minimum absolute atomic E-state index is 0.0243. The fourth-order valence-electron chi connectivity index (χ4n) is 1.41. The zero-order chi connectivity index (χ0) is 12.3. The van der Waals surface area contributed by atoms with E-state index in [4.69, 9.17) is 15.2 Å². The highest BCUT2D eigenvalue weighted by atomic mass is 79.9. The third kappa shape index (κ3) is 2.23. The first kappa shape index (κ1) is 13.1. The van der Waals surface area contributed by atoms with Crippen molar-refractivity contribution in [3.8, 4) is 17.2 Å². The van der Waals surface area contributed by atoms with E-state index >= 15 is 0 Å². The number of aliphatic hydroxyl groups is 1. The molecule has 5 nitrogen and oxygen atoms in total. The van der Waals surface area contributed by atoms with Crippen LogP contribution in [-0.4, -0.2) is 31.0 Å². The van der Waals surface area contributed by atoms with Gasteiger partial charge >= 0.3 is 0 Å². The van der Waals surface area contributed by atoms with Gasteiger partial charge in [-0.1, -0.05) is 0 Å². The van der Waals surface area contributed by atoms with Gasteiger partial charge in [0.05, 0.1) is 30.4 Å². The molecule has 1 aromatic carbocycles. The Balaban J connectivity index is 3.46. The van der Waals surface area contributed by atoms with Gasteiger partial charge in [0.25, 0.3) is 0 Å². The van der Waals surface area contributed by atoms with Crippen LogP contribution in [-0.2, 0) is 0 Å². The number of aromatic hydroxyl groups is 1. The van der Waals surface area contributed by atoms with Gasteiger partial charge in [0.2, 0.25) is 0 Å². The van der Waals surface area contributed by atoms with E-state index in [1.165, 1.54) is 14.2 Å². The van der Waals surface area contributed by atoms with E-state index < -0.39 is 6.10 Å². The Hall–Kier alpha value is -0.980. The van der Waals surface area contributed by atoms with Gasteiger partial charge in [0.1, 0.15) is 5.75 Å². The lowest BCUT2D eigenvalue weighted by atomic mass is 10.1. The van der Waals surface area contributed by atoms with Crippen molar-refractivity contribution in [1.29, 1.82) is 0 Å². The molecule has 0 radical (unpaired) electrons. The predicted octanol–water partition coefficient (Wildman–Crippen LogP) is 1.16. The van der Waals surface area contributed by atoms with Gasteiger partial charge < -0.3 is 25.4 Å². The topological polar surface area (TPSA) is 84.9 Å². The number of nitrogens with two attached hydrogens (primary N) is 1. The summed E-state index contributed by atoms with van der Waals surface area (Å²) < 4.78 is 10.6. The van der Waals surface area contributed by atoms with E-state index in [0.717, 1.165) is 0 Å². The number of methoxy groups -OCH3 is 2. The molecule has 90 valence electrons. The molecular formula is C10H14BrNO4. The van der Waals surface area contributed by atoms with Crippen molar-refractivity contribution < 1.29 is 19.7 Å². The Kier molecular flexibility index (Phi) is 4.40. The number of ether oxygens (including phenoxy) is 2. The summed E-state index contributed by atoms with van der Waals surface area (Å²) in [5.74, 6) is 0.589. The summed E-state index contributed by atoms with van der Waals surface area (Å²) in [4.78, 5) is 0. The maximum atomic E-state index is 9.83. The van der Waals surface area contributed by atoms with Crippen LogP contribution in [0.4, 0.5) is 0 Å². The Morgan fingerprint density at radius 1 is 1.44 bits per heavy atom. The Morgan fingerprint density at radius 3 is 2.50 bits per heavy atom. The SMILES string of the molecule is COc1cc(Br)c(O)c(C(O)CN)c1OC. The monoisotopic (exact) mass is 291 g/mol. The molecule has 0 aliphatic rings. The van der Waals surface area contributed by atoms with Gasteiger partial charge in [0, 0.05) is 12.6 Å². The predicted molar refractivity (Wildman–Crippen MR) is 62.9 cm³/mol. The second-order valence-corrected chi connectivity index (χ2v) is 3.96. The van der Waals surface area contributed by atoms with E-state index in [0.29, 0.717) is 10.2 Å². The first-order chi connectivity index (χ1) is 7.56.